The Labute approximate surface area is 180 Å². The van der Waals surface area contributed by atoms with Crippen LogP contribution in [0.5, 0.6) is 0 Å². The van der Waals surface area contributed by atoms with E-state index < -0.39 is 22.7 Å². The lowest BCUT2D eigenvalue weighted by Gasteiger charge is -2.28. The number of carbonyl (C=O) groups is 2. The molecule has 0 aromatic heterocycles. The fraction of sp³-hybridized carbons (Fsp3) is 0.263. The van der Waals surface area contributed by atoms with Crippen molar-refractivity contribution in [2.24, 2.45) is 0 Å². The monoisotopic (exact) mass is 467 g/mol. The van der Waals surface area contributed by atoms with Crippen molar-refractivity contribution in [2.75, 3.05) is 32.5 Å². The van der Waals surface area contributed by atoms with E-state index in [1.807, 2.05) is 0 Å². The van der Waals surface area contributed by atoms with Gasteiger partial charge in [-0.05, 0) is 36.4 Å². The average Bonchev–Trinajstić information content (AvgIpc) is 2.56. The highest BCUT2D eigenvalue weighted by molar-refractivity contribution is 6.42. The van der Waals surface area contributed by atoms with Crippen LogP contribution >= 0.6 is 34.8 Å². The van der Waals surface area contributed by atoms with Gasteiger partial charge in [0, 0.05) is 11.3 Å². The summed E-state index contributed by atoms with van der Waals surface area (Å²) < 4.78 is 38.8. The molecule has 29 heavy (non-hydrogen) atoms. The number of carbonyl (C=O) groups excluding carboxylic acids is 2. The van der Waals surface area contributed by atoms with Crippen LogP contribution in [0.4, 0.5) is 18.9 Å². The maximum Gasteiger partial charge on any atom is 0.417 e. The summed E-state index contributed by atoms with van der Waals surface area (Å²) in [4.78, 5) is 24.8. The third-order valence-electron chi connectivity index (χ3n) is 3.94. The number of amides is 1. The first-order valence-electron chi connectivity index (χ1n) is 8.25. The second-order valence-electron chi connectivity index (χ2n) is 7.04. The van der Waals surface area contributed by atoms with Gasteiger partial charge >= 0.3 is 6.18 Å². The summed E-state index contributed by atoms with van der Waals surface area (Å²) in [5.74, 6) is -0.806. The molecule has 0 saturated heterocycles. The predicted molar refractivity (Wildman–Crippen MR) is 108 cm³/mol. The highest BCUT2D eigenvalue weighted by Crippen LogP contribution is 2.36. The van der Waals surface area contributed by atoms with Gasteiger partial charge in [0.1, 0.15) is 6.54 Å². The molecule has 0 bridgehead atoms. The fourth-order valence-corrected chi connectivity index (χ4v) is 3.14. The number of likely N-dealkylation sites (N-methyl/N-ethyl adjacent to an activating group) is 1. The van der Waals surface area contributed by atoms with Crippen molar-refractivity contribution in [3.05, 3.63) is 62.6 Å². The predicted octanol–water partition coefficient (Wildman–Crippen LogP) is 5.56. The van der Waals surface area contributed by atoms with Crippen LogP contribution in [0, 0.1) is 0 Å². The number of ketones is 1. The molecular formula is C19H17Cl3F3N2O2+. The molecule has 10 heteroatoms. The third kappa shape index (κ3) is 6.60. The van der Waals surface area contributed by atoms with Gasteiger partial charge in [0.05, 0.1) is 34.7 Å². The summed E-state index contributed by atoms with van der Waals surface area (Å²) >= 11 is 17.3. The Morgan fingerprint density at radius 1 is 0.931 bits per heavy atom. The summed E-state index contributed by atoms with van der Waals surface area (Å²) in [6.07, 6.45) is -4.64. The highest BCUT2D eigenvalue weighted by Gasteiger charge is 2.33. The number of rotatable bonds is 6. The SMILES string of the molecule is C[N+](C)(CC(=O)Nc1ccc(Cl)c(C(F)(F)F)c1)CC(=O)c1ccc(Cl)c(Cl)c1. The Kier molecular flexibility index (Phi) is 7.22. The Bertz CT molecular complexity index is 947. The lowest BCUT2D eigenvalue weighted by Crippen LogP contribution is -2.48. The van der Waals surface area contributed by atoms with E-state index in [1.165, 1.54) is 24.3 Å². The van der Waals surface area contributed by atoms with E-state index in [9.17, 15) is 22.8 Å². The molecular weight excluding hydrogens is 452 g/mol. The lowest BCUT2D eigenvalue weighted by molar-refractivity contribution is -0.873. The maximum atomic E-state index is 12.9. The molecule has 0 heterocycles. The van der Waals surface area contributed by atoms with Crippen molar-refractivity contribution in [3.8, 4) is 0 Å². The number of Topliss-reactive ketones (excluding diaryl/α,β-unsaturated/α-hetero) is 1. The van der Waals surface area contributed by atoms with E-state index in [2.05, 4.69) is 5.32 Å². The molecule has 156 valence electrons. The molecule has 2 rings (SSSR count). The molecule has 1 N–H and O–H groups in total. The van der Waals surface area contributed by atoms with E-state index in [0.29, 0.717) is 10.6 Å². The second-order valence-corrected chi connectivity index (χ2v) is 8.27. The van der Waals surface area contributed by atoms with Gasteiger partial charge in [-0.2, -0.15) is 13.2 Å². The van der Waals surface area contributed by atoms with Gasteiger partial charge in [0.2, 0.25) is 5.78 Å². The van der Waals surface area contributed by atoms with E-state index in [1.54, 1.807) is 14.1 Å². The van der Waals surface area contributed by atoms with E-state index in [0.717, 1.165) is 12.1 Å². The largest absolute Gasteiger partial charge is 0.417 e. The average molecular weight is 469 g/mol. The van der Waals surface area contributed by atoms with Crippen molar-refractivity contribution in [1.29, 1.82) is 0 Å². The number of alkyl halides is 3. The molecule has 0 saturated carbocycles. The molecule has 0 fully saturated rings. The number of nitrogens with one attached hydrogen (secondary N) is 1. The Balaban J connectivity index is 2.05. The summed E-state index contributed by atoms with van der Waals surface area (Å²) in [5, 5.41) is 2.50. The summed E-state index contributed by atoms with van der Waals surface area (Å²) in [7, 11) is 3.30. The van der Waals surface area contributed by atoms with Gasteiger partial charge in [-0.1, -0.05) is 34.8 Å². The molecule has 4 nitrogen and oxygen atoms in total. The molecule has 2 aromatic carbocycles. The molecule has 0 radical (unpaired) electrons. The molecule has 0 spiro atoms. The van der Waals surface area contributed by atoms with Crippen molar-refractivity contribution in [2.45, 2.75) is 6.18 Å². The van der Waals surface area contributed by atoms with Gasteiger partial charge in [-0.3, -0.25) is 9.59 Å². The quantitative estimate of drug-likeness (QED) is 0.445. The van der Waals surface area contributed by atoms with E-state index >= 15 is 0 Å². The number of nitrogens with zero attached hydrogens (tertiary/aromatic N) is 1. The van der Waals surface area contributed by atoms with Crippen molar-refractivity contribution >= 4 is 52.2 Å². The molecule has 0 unspecified atom stereocenters. The van der Waals surface area contributed by atoms with E-state index in [-0.39, 0.29) is 34.1 Å². The third-order valence-corrected chi connectivity index (χ3v) is 5.01. The van der Waals surface area contributed by atoms with Gasteiger partial charge in [0.25, 0.3) is 5.91 Å². The Hall–Kier alpha value is -1.80. The number of hydrogen-bond donors (Lipinski definition) is 1. The highest BCUT2D eigenvalue weighted by atomic mass is 35.5. The molecule has 1 amide bonds. The normalized spacial score (nSPS) is 12.0. The molecule has 0 aliphatic heterocycles. The van der Waals surface area contributed by atoms with Crippen LogP contribution in [-0.2, 0) is 11.0 Å². The molecule has 0 aliphatic carbocycles. The topological polar surface area (TPSA) is 46.2 Å². The Morgan fingerprint density at radius 2 is 1.55 bits per heavy atom. The summed E-state index contributed by atoms with van der Waals surface area (Å²) in [5.41, 5.74) is -0.735. The number of halogens is 6. The molecule has 0 atom stereocenters. The van der Waals surface area contributed by atoms with Crippen molar-refractivity contribution in [1.82, 2.24) is 0 Å². The van der Waals surface area contributed by atoms with Gasteiger partial charge in [0.15, 0.2) is 6.54 Å². The number of benzene rings is 2. The smallest absolute Gasteiger partial charge is 0.321 e. The minimum Gasteiger partial charge on any atom is -0.321 e. The van der Waals surface area contributed by atoms with Crippen molar-refractivity contribution < 1.29 is 27.2 Å². The minimum absolute atomic E-state index is 0.0232. The van der Waals surface area contributed by atoms with Gasteiger partial charge in [-0.15, -0.1) is 0 Å². The van der Waals surface area contributed by atoms with Crippen LogP contribution in [0.1, 0.15) is 15.9 Å². The number of quaternary nitrogens is 1. The van der Waals surface area contributed by atoms with Crippen LogP contribution in [0.25, 0.3) is 0 Å². The summed E-state index contributed by atoms with van der Waals surface area (Å²) in [6, 6.07) is 7.58. The van der Waals surface area contributed by atoms with Crippen LogP contribution in [-0.4, -0.2) is 43.4 Å². The first-order chi connectivity index (χ1) is 13.3. The van der Waals surface area contributed by atoms with Crippen LogP contribution in [0.15, 0.2) is 36.4 Å². The second kappa shape index (κ2) is 8.92. The molecule has 0 aliphatic rings. The lowest BCUT2D eigenvalue weighted by atomic mass is 10.1. The van der Waals surface area contributed by atoms with Gasteiger partial charge in [-0.25, -0.2) is 0 Å². The number of hydrogen-bond acceptors (Lipinski definition) is 2. The maximum absolute atomic E-state index is 12.9. The first-order valence-corrected chi connectivity index (χ1v) is 9.39. The van der Waals surface area contributed by atoms with Crippen molar-refractivity contribution in [3.63, 3.8) is 0 Å². The van der Waals surface area contributed by atoms with Crippen LogP contribution < -0.4 is 5.32 Å². The summed E-state index contributed by atoms with van der Waals surface area (Å²) in [6.45, 7) is -0.170. The zero-order chi connectivity index (χ0) is 22.0. The first kappa shape index (κ1) is 23.5. The minimum atomic E-state index is -4.64. The zero-order valence-electron chi connectivity index (χ0n) is 15.4. The van der Waals surface area contributed by atoms with E-state index in [4.69, 9.17) is 34.8 Å². The molecule has 2 aromatic rings. The van der Waals surface area contributed by atoms with Gasteiger partial charge < -0.3 is 9.80 Å². The standard InChI is InChI=1S/C19H16Cl3F3N2O2/c1-27(2,9-17(28)11-3-5-15(21)16(22)7-11)10-18(29)26-12-4-6-14(20)13(8-12)19(23,24)25/h3-8H,9-10H2,1-2H3/p+1. The fourth-order valence-electron chi connectivity index (χ4n) is 2.62. The zero-order valence-corrected chi connectivity index (χ0v) is 17.7. The van der Waals surface area contributed by atoms with Crippen LogP contribution in [0.2, 0.25) is 15.1 Å². The Morgan fingerprint density at radius 3 is 2.14 bits per heavy atom. The van der Waals surface area contributed by atoms with Crippen LogP contribution in [0.3, 0.4) is 0 Å². The number of anilines is 1.